The van der Waals surface area contributed by atoms with Crippen LogP contribution in [-0.4, -0.2) is 4.98 Å². The Kier molecular flexibility index (Phi) is 5.77. The van der Waals surface area contributed by atoms with Crippen molar-refractivity contribution in [1.29, 1.82) is 5.26 Å². The molecule has 6 aromatic carbocycles. The molecule has 7 aromatic rings. The van der Waals surface area contributed by atoms with E-state index in [1.807, 2.05) is 12.1 Å². The van der Waals surface area contributed by atoms with Crippen LogP contribution in [0.5, 0.6) is 0 Å². The van der Waals surface area contributed by atoms with Gasteiger partial charge in [0.05, 0.1) is 5.41 Å². The third-order valence-electron chi connectivity index (χ3n) is 8.85. The number of nitriles is 1. The summed E-state index contributed by atoms with van der Waals surface area (Å²) < 4.78 is 0. The van der Waals surface area contributed by atoms with E-state index in [2.05, 4.69) is 151 Å². The number of benzene rings is 6. The van der Waals surface area contributed by atoms with Crippen LogP contribution in [0.25, 0.3) is 44.2 Å². The Bertz CT molecular complexity index is 2140. The zero-order chi connectivity index (χ0) is 28.8. The van der Waals surface area contributed by atoms with Crippen LogP contribution < -0.4 is 0 Å². The molecule has 0 radical (unpaired) electrons. The van der Waals surface area contributed by atoms with E-state index in [1.54, 1.807) is 6.20 Å². The van der Waals surface area contributed by atoms with Gasteiger partial charge in [-0.15, -0.1) is 0 Å². The molecule has 2 heteroatoms. The van der Waals surface area contributed by atoms with Crippen molar-refractivity contribution < 1.29 is 0 Å². The molecule has 1 aliphatic rings. The van der Waals surface area contributed by atoms with Gasteiger partial charge in [0.15, 0.2) is 0 Å². The van der Waals surface area contributed by atoms with Crippen molar-refractivity contribution >= 4 is 10.8 Å². The SMILES string of the molecule is N#Cc1cc(-c2cc3c(c4ccccc24)-c2ccc(-c4ccccc4)cc2C3(c2ccccc2)c2ccccc2)ccn1. The van der Waals surface area contributed by atoms with Gasteiger partial charge < -0.3 is 0 Å². The predicted molar refractivity (Wildman–Crippen MR) is 175 cm³/mol. The third kappa shape index (κ3) is 3.76. The highest BCUT2D eigenvalue weighted by Crippen LogP contribution is 2.59. The molecule has 0 spiro atoms. The van der Waals surface area contributed by atoms with Crippen LogP contribution in [0.1, 0.15) is 27.9 Å². The lowest BCUT2D eigenvalue weighted by atomic mass is 9.67. The summed E-state index contributed by atoms with van der Waals surface area (Å²) in [6, 6.07) is 56.6. The lowest BCUT2D eigenvalue weighted by Crippen LogP contribution is -2.28. The molecule has 8 rings (SSSR count). The van der Waals surface area contributed by atoms with Crippen LogP contribution in [-0.2, 0) is 5.41 Å². The van der Waals surface area contributed by atoms with Crippen molar-refractivity contribution in [2.45, 2.75) is 5.41 Å². The first-order chi connectivity index (χ1) is 21.3. The van der Waals surface area contributed by atoms with Gasteiger partial charge in [-0.25, -0.2) is 4.98 Å². The molecule has 43 heavy (non-hydrogen) atoms. The number of hydrogen-bond acceptors (Lipinski definition) is 2. The second kappa shape index (κ2) is 9.94. The van der Waals surface area contributed by atoms with Crippen molar-refractivity contribution in [3.8, 4) is 39.4 Å². The molecule has 0 saturated carbocycles. The normalized spacial score (nSPS) is 12.8. The highest BCUT2D eigenvalue weighted by atomic mass is 14.7. The minimum atomic E-state index is -0.554. The van der Waals surface area contributed by atoms with Crippen LogP contribution >= 0.6 is 0 Å². The van der Waals surface area contributed by atoms with E-state index >= 15 is 0 Å². The molecule has 0 amide bonds. The number of nitrogens with zero attached hydrogens (tertiary/aromatic N) is 2. The van der Waals surface area contributed by atoms with Crippen LogP contribution in [0.15, 0.2) is 158 Å². The molecule has 1 aromatic heterocycles. The van der Waals surface area contributed by atoms with Gasteiger partial charge in [0.25, 0.3) is 0 Å². The van der Waals surface area contributed by atoms with E-state index < -0.39 is 5.41 Å². The molecule has 1 aliphatic carbocycles. The molecule has 0 bridgehead atoms. The fourth-order valence-electron chi connectivity index (χ4n) is 7.05. The second-order valence-corrected chi connectivity index (χ2v) is 11.0. The number of hydrogen-bond donors (Lipinski definition) is 0. The first-order valence-electron chi connectivity index (χ1n) is 14.5. The maximum absolute atomic E-state index is 9.68. The van der Waals surface area contributed by atoms with Crippen LogP contribution in [0.2, 0.25) is 0 Å². The fourth-order valence-corrected chi connectivity index (χ4v) is 7.05. The molecule has 0 saturated heterocycles. The molecular formula is C41H26N2. The van der Waals surface area contributed by atoms with Gasteiger partial charge in [-0.2, -0.15) is 5.26 Å². The summed E-state index contributed by atoms with van der Waals surface area (Å²) in [5.74, 6) is 0. The summed E-state index contributed by atoms with van der Waals surface area (Å²) >= 11 is 0. The van der Waals surface area contributed by atoms with Gasteiger partial charge in [-0.3, -0.25) is 0 Å². The summed E-state index contributed by atoms with van der Waals surface area (Å²) in [6.07, 6.45) is 1.73. The molecule has 200 valence electrons. The molecular weight excluding hydrogens is 520 g/mol. The first-order valence-corrected chi connectivity index (χ1v) is 14.5. The largest absolute Gasteiger partial charge is 0.246 e. The van der Waals surface area contributed by atoms with E-state index in [0.717, 1.165) is 16.5 Å². The smallest absolute Gasteiger partial charge is 0.141 e. The summed E-state index contributed by atoms with van der Waals surface area (Å²) in [5, 5.41) is 12.0. The maximum atomic E-state index is 9.68. The van der Waals surface area contributed by atoms with Crippen molar-refractivity contribution in [3.63, 3.8) is 0 Å². The number of rotatable bonds is 4. The third-order valence-corrected chi connectivity index (χ3v) is 8.85. The van der Waals surface area contributed by atoms with Gasteiger partial charge in [0.1, 0.15) is 11.8 Å². The van der Waals surface area contributed by atoms with Crippen LogP contribution in [0.3, 0.4) is 0 Å². The van der Waals surface area contributed by atoms with E-state index in [4.69, 9.17) is 0 Å². The average molecular weight is 547 g/mol. The topological polar surface area (TPSA) is 36.7 Å². The predicted octanol–water partition coefficient (Wildman–Crippen LogP) is 9.80. The summed E-state index contributed by atoms with van der Waals surface area (Å²) in [6.45, 7) is 0. The van der Waals surface area contributed by atoms with Gasteiger partial charge >= 0.3 is 0 Å². The number of pyridine rings is 1. The zero-order valence-electron chi connectivity index (χ0n) is 23.4. The van der Waals surface area contributed by atoms with E-state index in [-0.39, 0.29) is 0 Å². The Hall–Kier alpha value is -5.78. The van der Waals surface area contributed by atoms with Crippen LogP contribution in [0, 0.1) is 11.3 Å². The molecule has 0 unspecified atom stereocenters. The highest BCUT2D eigenvalue weighted by Gasteiger charge is 2.47. The molecule has 0 aliphatic heterocycles. The molecule has 0 atom stereocenters. The van der Waals surface area contributed by atoms with Gasteiger partial charge in [0.2, 0.25) is 0 Å². The molecule has 0 N–H and O–H groups in total. The van der Waals surface area contributed by atoms with E-state index in [1.165, 1.54) is 49.9 Å². The van der Waals surface area contributed by atoms with Crippen molar-refractivity contribution in [3.05, 3.63) is 186 Å². The quantitative estimate of drug-likeness (QED) is 0.220. The molecule has 0 fully saturated rings. The Morgan fingerprint density at radius 1 is 0.488 bits per heavy atom. The van der Waals surface area contributed by atoms with Crippen molar-refractivity contribution in [2.24, 2.45) is 0 Å². The zero-order valence-corrected chi connectivity index (χ0v) is 23.4. The Morgan fingerprint density at radius 2 is 1.12 bits per heavy atom. The van der Waals surface area contributed by atoms with Crippen molar-refractivity contribution in [2.75, 3.05) is 0 Å². The lowest BCUT2D eigenvalue weighted by molar-refractivity contribution is 0.769. The molecule has 2 nitrogen and oxygen atoms in total. The maximum Gasteiger partial charge on any atom is 0.141 e. The van der Waals surface area contributed by atoms with Gasteiger partial charge in [0, 0.05) is 6.20 Å². The number of aromatic nitrogens is 1. The minimum absolute atomic E-state index is 0.412. The average Bonchev–Trinajstić information content (AvgIpc) is 3.39. The first kappa shape index (κ1) is 25.0. The molecule has 1 heterocycles. The van der Waals surface area contributed by atoms with E-state index in [9.17, 15) is 5.26 Å². The minimum Gasteiger partial charge on any atom is -0.246 e. The van der Waals surface area contributed by atoms with E-state index in [0.29, 0.717) is 5.69 Å². The highest BCUT2D eigenvalue weighted by molar-refractivity contribution is 6.10. The summed E-state index contributed by atoms with van der Waals surface area (Å²) in [4.78, 5) is 4.27. The Morgan fingerprint density at radius 3 is 1.79 bits per heavy atom. The van der Waals surface area contributed by atoms with Gasteiger partial charge in [-0.05, 0) is 90.7 Å². The Balaban J connectivity index is 1.56. The van der Waals surface area contributed by atoms with Gasteiger partial charge in [-0.1, -0.05) is 127 Å². The second-order valence-electron chi connectivity index (χ2n) is 11.0. The lowest BCUT2D eigenvalue weighted by Gasteiger charge is -2.34. The number of fused-ring (bicyclic) bond motifs is 5. The summed E-state index contributed by atoms with van der Waals surface area (Å²) in [7, 11) is 0. The fraction of sp³-hybridized carbons (Fsp3) is 0.0244. The van der Waals surface area contributed by atoms with Crippen LogP contribution in [0.4, 0.5) is 0 Å². The monoisotopic (exact) mass is 546 g/mol. The summed E-state index contributed by atoms with van der Waals surface area (Å²) in [5.41, 5.74) is 11.8. The van der Waals surface area contributed by atoms with Crippen molar-refractivity contribution in [1.82, 2.24) is 4.98 Å². The Labute approximate surface area is 251 Å². The standard InChI is InChI=1S/C41H26N2/c42-27-33-24-30(22-23-43-33)37-26-39-40(35-19-11-10-18-34(35)37)36-21-20-29(28-12-4-1-5-13-28)25-38(36)41(39,31-14-6-2-7-15-31)32-16-8-3-9-17-32/h1-26H.